The number of anilines is 9. The molecule has 2 aliphatic heterocycles. The molecule has 5 heteroatoms. The molecule has 332 valence electrons. The predicted molar refractivity (Wildman–Crippen MR) is 300 cm³/mol. The average molecular weight is 905 g/mol. The van der Waals surface area contributed by atoms with Gasteiger partial charge < -0.3 is 19.3 Å². The Morgan fingerprint density at radius 1 is 0.310 bits per heavy atom. The first-order chi connectivity index (χ1) is 35.3. The van der Waals surface area contributed by atoms with Gasteiger partial charge in [0.05, 0.1) is 16.7 Å². The van der Waals surface area contributed by atoms with E-state index in [1.807, 2.05) is 0 Å². The zero-order valence-corrected chi connectivity index (χ0v) is 38.8. The minimum absolute atomic E-state index is 0.0786. The molecular formula is C66H45BN4. The average Bonchev–Trinajstić information content (AvgIpc) is 3.79. The largest absolute Gasteiger partial charge is 0.311 e. The second-order valence-corrected chi connectivity index (χ2v) is 18.5. The molecule has 0 unspecified atom stereocenters. The third-order valence-corrected chi connectivity index (χ3v) is 14.5. The molecule has 4 nitrogen and oxygen atoms in total. The highest BCUT2D eigenvalue weighted by Gasteiger charge is 2.44. The summed E-state index contributed by atoms with van der Waals surface area (Å²) in [4.78, 5) is 7.45. The van der Waals surface area contributed by atoms with Crippen molar-refractivity contribution in [1.82, 2.24) is 4.57 Å². The number of benzene rings is 11. The van der Waals surface area contributed by atoms with Gasteiger partial charge in [0.2, 0.25) is 0 Å². The van der Waals surface area contributed by atoms with Crippen molar-refractivity contribution in [3.05, 3.63) is 273 Å². The molecule has 0 radical (unpaired) electrons. The van der Waals surface area contributed by atoms with Gasteiger partial charge >= 0.3 is 0 Å². The summed E-state index contributed by atoms with van der Waals surface area (Å²) in [5.41, 5.74) is 22.3. The number of aromatic nitrogens is 1. The van der Waals surface area contributed by atoms with Crippen LogP contribution >= 0.6 is 0 Å². The molecule has 0 bridgehead atoms. The number of para-hydroxylation sites is 4. The molecule has 0 amide bonds. The molecule has 0 N–H and O–H groups in total. The fourth-order valence-corrected chi connectivity index (χ4v) is 11.5. The predicted octanol–water partition coefficient (Wildman–Crippen LogP) is 15.7. The molecule has 11 aromatic carbocycles. The third-order valence-electron chi connectivity index (χ3n) is 14.5. The lowest BCUT2D eigenvalue weighted by molar-refractivity contribution is 1.18. The monoisotopic (exact) mass is 904 g/mol. The minimum Gasteiger partial charge on any atom is -0.311 e. The summed E-state index contributed by atoms with van der Waals surface area (Å²) in [7, 11) is 0. The zero-order chi connectivity index (χ0) is 46.8. The van der Waals surface area contributed by atoms with Crippen molar-refractivity contribution < 1.29 is 0 Å². The van der Waals surface area contributed by atoms with E-state index in [0.717, 1.165) is 39.8 Å². The quantitative estimate of drug-likeness (QED) is 0.141. The van der Waals surface area contributed by atoms with E-state index in [2.05, 4.69) is 292 Å². The van der Waals surface area contributed by atoms with Crippen LogP contribution in [0.1, 0.15) is 0 Å². The van der Waals surface area contributed by atoms with E-state index in [-0.39, 0.29) is 6.71 Å². The lowest BCUT2D eigenvalue weighted by Crippen LogP contribution is -2.61. The first-order valence-corrected chi connectivity index (χ1v) is 24.5. The van der Waals surface area contributed by atoms with Gasteiger partial charge in [0.1, 0.15) is 0 Å². The molecule has 0 atom stereocenters. The van der Waals surface area contributed by atoms with Gasteiger partial charge in [0.25, 0.3) is 6.71 Å². The maximum atomic E-state index is 2.56. The van der Waals surface area contributed by atoms with Crippen molar-refractivity contribution in [1.29, 1.82) is 0 Å². The van der Waals surface area contributed by atoms with Crippen LogP contribution in [0.25, 0.3) is 49.7 Å². The second-order valence-electron chi connectivity index (χ2n) is 18.5. The van der Waals surface area contributed by atoms with Crippen molar-refractivity contribution in [2.24, 2.45) is 0 Å². The lowest BCUT2D eigenvalue weighted by Gasteiger charge is -2.44. The summed E-state index contributed by atoms with van der Waals surface area (Å²) in [5, 5.41) is 2.46. The van der Waals surface area contributed by atoms with Crippen molar-refractivity contribution in [3.8, 4) is 27.9 Å². The maximum Gasteiger partial charge on any atom is 0.252 e. The van der Waals surface area contributed by atoms with Crippen molar-refractivity contribution >= 4 is 96.1 Å². The van der Waals surface area contributed by atoms with E-state index in [1.165, 1.54) is 77.5 Å². The second kappa shape index (κ2) is 16.7. The van der Waals surface area contributed by atoms with Gasteiger partial charge in [-0.1, -0.05) is 176 Å². The first-order valence-electron chi connectivity index (χ1n) is 24.5. The van der Waals surface area contributed by atoms with Crippen LogP contribution in [-0.2, 0) is 0 Å². The number of hydrogen-bond donors (Lipinski definition) is 0. The van der Waals surface area contributed by atoms with Crippen molar-refractivity contribution in [3.63, 3.8) is 0 Å². The summed E-state index contributed by atoms with van der Waals surface area (Å²) in [5.74, 6) is 0. The molecule has 12 aromatic rings. The molecule has 14 rings (SSSR count). The van der Waals surface area contributed by atoms with Crippen LogP contribution < -0.4 is 31.1 Å². The molecule has 0 saturated heterocycles. The van der Waals surface area contributed by atoms with Gasteiger partial charge in [0.15, 0.2) is 0 Å². The number of fused-ring (bicyclic) bond motifs is 8. The Kier molecular flexibility index (Phi) is 9.59. The van der Waals surface area contributed by atoms with Crippen LogP contribution in [0.5, 0.6) is 0 Å². The molecule has 1 aromatic heterocycles. The molecule has 0 saturated carbocycles. The Morgan fingerprint density at radius 3 is 1.41 bits per heavy atom. The number of hydrogen-bond acceptors (Lipinski definition) is 3. The fourth-order valence-electron chi connectivity index (χ4n) is 11.5. The summed E-state index contributed by atoms with van der Waals surface area (Å²) in [6.45, 7) is -0.0786. The van der Waals surface area contributed by atoms with Crippen LogP contribution in [0, 0.1) is 0 Å². The zero-order valence-electron chi connectivity index (χ0n) is 38.8. The smallest absolute Gasteiger partial charge is 0.252 e. The highest BCUT2D eigenvalue weighted by atomic mass is 15.2. The van der Waals surface area contributed by atoms with Crippen LogP contribution in [0.2, 0.25) is 0 Å². The number of rotatable bonds is 8. The first kappa shape index (κ1) is 40.7. The van der Waals surface area contributed by atoms with E-state index >= 15 is 0 Å². The van der Waals surface area contributed by atoms with E-state index in [4.69, 9.17) is 0 Å². The third kappa shape index (κ3) is 6.62. The van der Waals surface area contributed by atoms with Gasteiger partial charge in [-0.05, 0) is 136 Å². The van der Waals surface area contributed by atoms with E-state index < -0.39 is 0 Å². The topological polar surface area (TPSA) is 14.7 Å². The highest BCUT2D eigenvalue weighted by Crippen LogP contribution is 2.49. The Balaban J connectivity index is 1.05. The van der Waals surface area contributed by atoms with Gasteiger partial charge in [-0.3, -0.25) is 0 Å². The van der Waals surface area contributed by atoms with Crippen LogP contribution in [0.3, 0.4) is 0 Å². The summed E-state index contributed by atoms with van der Waals surface area (Å²) < 4.78 is 2.44. The standard InChI is InChI=1S/C66H45BN4/c1-6-19-46(20-7-1)48-33-37-53(38-34-48)70-61-31-18-32-62-65(61)67(57-42-41-55(45-63(57)70)68(50-23-10-3-11-24-50)51-25-12-4-13-26-51)58-43-44-60-64(56-29-16-17-30-59(56)69(60)52-27-14-5-15-28-52)66(58)71(62)54-39-35-49(36-40-54)47-21-8-2-9-22-47/h1-45H. The molecule has 0 aliphatic carbocycles. The molecule has 0 spiro atoms. The molecule has 3 heterocycles. The lowest BCUT2D eigenvalue weighted by atomic mass is 9.33. The van der Waals surface area contributed by atoms with Crippen LogP contribution in [-0.4, -0.2) is 11.3 Å². The van der Waals surface area contributed by atoms with Gasteiger partial charge in [0, 0.05) is 62.0 Å². The fraction of sp³-hybridized carbons (Fsp3) is 0. The van der Waals surface area contributed by atoms with E-state index in [0.29, 0.717) is 0 Å². The number of nitrogens with zero attached hydrogens (tertiary/aromatic N) is 4. The van der Waals surface area contributed by atoms with Crippen LogP contribution in [0.15, 0.2) is 273 Å². The molecule has 0 fully saturated rings. The summed E-state index contributed by atoms with van der Waals surface area (Å²) >= 11 is 0. The van der Waals surface area contributed by atoms with E-state index in [1.54, 1.807) is 0 Å². The SMILES string of the molecule is c1ccc(-c2ccc(N3c4cc(N(c5ccccc5)c5ccccc5)ccc4B4c5ccc6c(c5N(c5ccc(-c7ccccc7)cc5)c5cccc3c54)c3ccccc3n6-c3ccccc3)cc2)cc1. The molecular weight excluding hydrogens is 860 g/mol. The molecule has 2 aliphatic rings. The van der Waals surface area contributed by atoms with Gasteiger partial charge in [-0.25, -0.2) is 0 Å². The van der Waals surface area contributed by atoms with Crippen molar-refractivity contribution in [2.45, 2.75) is 0 Å². The maximum absolute atomic E-state index is 2.56. The van der Waals surface area contributed by atoms with Gasteiger partial charge in [-0.2, -0.15) is 0 Å². The molecule has 71 heavy (non-hydrogen) atoms. The normalized spacial score (nSPS) is 12.4. The summed E-state index contributed by atoms with van der Waals surface area (Å²) in [6, 6.07) is 99.8. The van der Waals surface area contributed by atoms with Crippen molar-refractivity contribution in [2.75, 3.05) is 14.7 Å². The Labute approximate surface area is 414 Å². The van der Waals surface area contributed by atoms with E-state index in [9.17, 15) is 0 Å². The Hall–Kier alpha value is -9.32. The Morgan fingerprint density at radius 2 is 0.803 bits per heavy atom. The Bertz CT molecular complexity index is 3880. The summed E-state index contributed by atoms with van der Waals surface area (Å²) in [6.07, 6.45) is 0. The van der Waals surface area contributed by atoms with Crippen LogP contribution in [0.4, 0.5) is 51.2 Å². The van der Waals surface area contributed by atoms with Gasteiger partial charge in [-0.15, -0.1) is 0 Å². The minimum atomic E-state index is -0.0786. The highest BCUT2D eigenvalue weighted by molar-refractivity contribution is 7.00.